The van der Waals surface area contributed by atoms with Crippen LogP contribution in [0.15, 0.2) is 218 Å². The maximum atomic E-state index is 2.56. The molecule has 0 aliphatic carbocycles. The molecule has 0 radical (unpaired) electrons. The van der Waals surface area contributed by atoms with E-state index < -0.39 is 0 Å². The van der Waals surface area contributed by atoms with Crippen LogP contribution in [-0.2, 0) is 12.8 Å². The van der Waals surface area contributed by atoms with Gasteiger partial charge in [-0.25, -0.2) is 0 Å². The van der Waals surface area contributed by atoms with Gasteiger partial charge in [0.2, 0.25) is 0 Å². The standard InChI is InChI=1S/C64H48N2/c1-3-19-47-39-49(31-29-43(47)15-1)53-23-7-9-25-55(53)63-57-35-33-52(66-38-14-22-46-18-6-12-28-62(46)66)42-60(57)64(56-26-10-8-24-54(56)50-32-30-44-16-2-4-20-48(44)40-50)58-36-34-51(41-59(58)63)65-37-13-21-45-17-5-11-27-61(45)65/h1-12,15-20,23-36,39-42H,13-14,21-22,37-38H2. The van der Waals surface area contributed by atoms with Crippen LogP contribution in [0.1, 0.15) is 24.0 Å². The first-order valence-corrected chi connectivity index (χ1v) is 23.7. The van der Waals surface area contributed by atoms with Crippen molar-refractivity contribution in [3.8, 4) is 44.5 Å². The van der Waals surface area contributed by atoms with Crippen molar-refractivity contribution in [2.75, 3.05) is 22.9 Å². The van der Waals surface area contributed by atoms with Crippen LogP contribution in [0.4, 0.5) is 22.7 Å². The van der Waals surface area contributed by atoms with Crippen LogP contribution >= 0.6 is 0 Å². The summed E-state index contributed by atoms with van der Waals surface area (Å²) in [5.74, 6) is 0. The fraction of sp³-hybridized carbons (Fsp3) is 0.0938. The summed E-state index contributed by atoms with van der Waals surface area (Å²) in [6, 6.07) is 82.2. The number of para-hydroxylation sites is 2. The molecule has 314 valence electrons. The first-order valence-electron chi connectivity index (χ1n) is 23.7. The van der Waals surface area contributed by atoms with Crippen molar-refractivity contribution < 1.29 is 0 Å². The van der Waals surface area contributed by atoms with E-state index in [-0.39, 0.29) is 0 Å². The van der Waals surface area contributed by atoms with Gasteiger partial charge in [-0.1, -0.05) is 170 Å². The number of anilines is 4. The van der Waals surface area contributed by atoms with Gasteiger partial charge >= 0.3 is 0 Å². The van der Waals surface area contributed by atoms with Gasteiger partial charge in [0.25, 0.3) is 0 Å². The Morgan fingerprint density at radius 2 is 0.682 bits per heavy atom. The summed E-state index contributed by atoms with van der Waals surface area (Å²) in [7, 11) is 0. The lowest BCUT2D eigenvalue weighted by Gasteiger charge is -2.33. The summed E-state index contributed by atoms with van der Waals surface area (Å²) in [5, 5.41) is 10.0. The predicted octanol–water partition coefficient (Wildman–Crippen LogP) is 17.1. The highest BCUT2D eigenvalue weighted by Gasteiger charge is 2.26. The molecule has 2 heteroatoms. The molecule has 0 unspecified atom stereocenters. The van der Waals surface area contributed by atoms with Crippen molar-refractivity contribution in [1.82, 2.24) is 0 Å². The zero-order valence-electron chi connectivity index (χ0n) is 36.9. The van der Waals surface area contributed by atoms with Crippen LogP contribution in [0.5, 0.6) is 0 Å². The van der Waals surface area contributed by atoms with Gasteiger partial charge in [0.05, 0.1) is 0 Å². The molecular formula is C64H48N2. The van der Waals surface area contributed by atoms with Crippen LogP contribution < -0.4 is 9.80 Å². The summed E-state index contributed by atoms with van der Waals surface area (Å²) in [6.07, 6.45) is 4.46. The largest absolute Gasteiger partial charge is 0.341 e. The first kappa shape index (κ1) is 38.5. The molecular weight excluding hydrogens is 797 g/mol. The van der Waals surface area contributed by atoms with Gasteiger partial charge in [-0.15, -0.1) is 0 Å². The Balaban J connectivity index is 1.14. The zero-order chi connectivity index (χ0) is 43.6. The van der Waals surface area contributed by atoms with Crippen molar-refractivity contribution in [2.45, 2.75) is 25.7 Å². The van der Waals surface area contributed by atoms with E-state index in [1.54, 1.807) is 0 Å². The Labute approximate surface area is 386 Å². The van der Waals surface area contributed by atoms with Crippen LogP contribution in [0.3, 0.4) is 0 Å². The topological polar surface area (TPSA) is 6.48 Å². The zero-order valence-corrected chi connectivity index (χ0v) is 36.9. The van der Waals surface area contributed by atoms with E-state index in [0.717, 1.165) is 38.8 Å². The summed E-state index contributed by atoms with van der Waals surface area (Å²) in [6.45, 7) is 1.97. The molecule has 0 amide bonds. The van der Waals surface area contributed by atoms with Gasteiger partial charge < -0.3 is 9.80 Å². The number of hydrogen-bond acceptors (Lipinski definition) is 2. The summed E-state index contributed by atoms with van der Waals surface area (Å²) >= 11 is 0. The number of benzene rings is 11. The molecule has 0 aromatic heterocycles. The normalized spacial score (nSPS) is 13.6. The molecule has 66 heavy (non-hydrogen) atoms. The minimum Gasteiger partial charge on any atom is -0.341 e. The lowest BCUT2D eigenvalue weighted by Crippen LogP contribution is -2.24. The van der Waals surface area contributed by atoms with Crippen molar-refractivity contribution in [3.05, 3.63) is 230 Å². The number of fused-ring (bicyclic) bond motifs is 6. The van der Waals surface area contributed by atoms with Gasteiger partial charge in [0.1, 0.15) is 0 Å². The minimum atomic E-state index is 0.984. The van der Waals surface area contributed by atoms with E-state index >= 15 is 0 Å². The minimum absolute atomic E-state index is 0.984. The molecule has 0 atom stereocenters. The molecule has 2 aliphatic heterocycles. The Kier molecular flexibility index (Phi) is 9.30. The van der Waals surface area contributed by atoms with Gasteiger partial charge in [0.15, 0.2) is 0 Å². The van der Waals surface area contributed by atoms with Crippen LogP contribution in [0.25, 0.3) is 87.6 Å². The van der Waals surface area contributed by atoms with Gasteiger partial charge in [-0.2, -0.15) is 0 Å². The summed E-state index contributed by atoms with van der Waals surface area (Å²) < 4.78 is 0. The Morgan fingerprint density at radius 1 is 0.288 bits per heavy atom. The predicted molar refractivity (Wildman–Crippen MR) is 282 cm³/mol. The quantitative estimate of drug-likeness (QED) is 0.154. The Bertz CT molecular complexity index is 3450. The van der Waals surface area contributed by atoms with Crippen molar-refractivity contribution in [2.24, 2.45) is 0 Å². The molecule has 0 saturated heterocycles. The summed E-state index contributed by atoms with van der Waals surface area (Å²) in [4.78, 5) is 5.11. The molecule has 0 fully saturated rings. The van der Waals surface area contributed by atoms with Crippen molar-refractivity contribution >= 4 is 65.8 Å². The Hall–Kier alpha value is -7.94. The third kappa shape index (κ3) is 6.47. The highest BCUT2D eigenvalue weighted by atomic mass is 15.1. The molecule has 13 rings (SSSR count). The van der Waals surface area contributed by atoms with E-state index in [0.29, 0.717) is 0 Å². The number of aryl methyl sites for hydroxylation is 2. The SMILES string of the molecule is c1ccc2c(c1)CCCN2c1ccc2c(-c3ccccc3-c3ccc4ccccc4c3)c3cc(N4CCCc5ccccc54)ccc3c(-c3ccccc3-c3ccc4ccccc4c3)c2c1. The smallest absolute Gasteiger partial charge is 0.0443 e. The Morgan fingerprint density at radius 3 is 1.15 bits per heavy atom. The van der Waals surface area contributed by atoms with Crippen molar-refractivity contribution in [3.63, 3.8) is 0 Å². The number of nitrogens with zero attached hydrogens (tertiary/aromatic N) is 2. The molecule has 0 spiro atoms. The highest BCUT2D eigenvalue weighted by molar-refractivity contribution is 6.24. The fourth-order valence-electron chi connectivity index (χ4n) is 11.3. The lowest BCUT2D eigenvalue weighted by atomic mass is 9.81. The maximum absolute atomic E-state index is 2.56. The average molecular weight is 845 g/mol. The highest BCUT2D eigenvalue weighted by Crippen LogP contribution is 2.51. The molecule has 0 saturated carbocycles. The second-order valence-electron chi connectivity index (χ2n) is 18.2. The summed E-state index contributed by atoms with van der Waals surface area (Å²) in [5.41, 5.74) is 17.9. The molecule has 0 N–H and O–H groups in total. The lowest BCUT2D eigenvalue weighted by molar-refractivity contribution is 0.767. The van der Waals surface area contributed by atoms with Gasteiger partial charge in [-0.3, -0.25) is 0 Å². The van der Waals surface area contributed by atoms with Gasteiger partial charge in [0, 0.05) is 35.8 Å². The van der Waals surface area contributed by atoms with Crippen LogP contribution in [0, 0.1) is 0 Å². The van der Waals surface area contributed by atoms with E-state index in [1.165, 1.54) is 121 Å². The van der Waals surface area contributed by atoms with E-state index in [2.05, 4.69) is 228 Å². The number of hydrogen-bond donors (Lipinski definition) is 0. The molecule has 11 aromatic rings. The fourth-order valence-corrected chi connectivity index (χ4v) is 11.3. The molecule has 2 aliphatic rings. The molecule has 2 nitrogen and oxygen atoms in total. The monoisotopic (exact) mass is 844 g/mol. The van der Waals surface area contributed by atoms with E-state index in [4.69, 9.17) is 0 Å². The van der Waals surface area contributed by atoms with Crippen molar-refractivity contribution in [1.29, 1.82) is 0 Å². The van der Waals surface area contributed by atoms with Crippen LogP contribution in [-0.4, -0.2) is 13.1 Å². The second-order valence-corrected chi connectivity index (χ2v) is 18.2. The van der Waals surface area contributed by atoms with E-state index in [9.17, 15) is 0 Å². The third-order valence-corrected chi connectivity index (χ3v) is 14.4. The maximum Gasteiger partial charge on any atom is 0.0443 e. The molecule has 11 aromatic carbocycles. The van der Waals surface area contributed by atoms with Crippen LogP contribution in [0.2, 0.25) is 0 Å². The number of rotatable bonds is 6. The van der Waals surface area contributed by atoms with E-state index in [1.807, 2.05) is 0 Å². The molecule has 2 heterocycles. The molecule has 0 bridgehead atoms. The average Bonchev–Trinajstić information content (AvgIpc) is 3.39. The third-order valence-electron chi connectivity index (χ3n) is 14.4. The first-order chi connectivity index (χ1) is 32.7. The second kappa shape index (κ2) is 15.9. The van der Waals surface area contributed by atoms with Gasteiger partial charge in [-0.05, 0) is 173 Å².